The predicted molar refractivity (Wildman–Crippen MR) is 228 cm³/mol. The van der Waals surface area contributed by atoms with Crippen molar-refractivity contribution in [2.45, 2.75) is 60.4 Å². The monoisotopic (exact) mass is 733 g/mol. The normalized spacial score (nSPS) is 10.6. The molecular weight excluding hydrogens is 679 g/mol. The summed E-state index contributed by atoms with van der Waals surface area (Å²) >= 11 is 1.68. The number of aldehydes is 1. The average Bonchev–Trinajstić information content (AvgIpc) is 3.16. The van der Waals surface area contributed by atoms with Crippen LogP contribution in [0, 0.1) is 6.92 Å². The van der Waals surface area contributed by atoms with E-state index < -0.39 is 5.56 Å². The standard InChI is InChI=1S/C13H11N3O3.C13H20N2.C13H16S.C5H8/c17-7-6-16-12(10-4-2-1-3-5-10)14-8-11(13(16)19)15-9-18;1-4-5-12-6-7-15-10-13(12)8-11(2)9-14-3;1-4-5-10-14-12(3)13-8-6-11(2)7-9-13;1-3-5-4-2/h1-5,7-9H,6H2,(H,15,18);6-8,10,14H,4-5,9H2,1-3H3;5-10H,3-4H2,1-2H3;3-5H,1H2,2H3/b;11-8+;10-5-;5-4-. The van der Waals surface area contributed by atoms with E-state index in [0.29, 0.717) is 18.5 Å². The van der Waals surface area contributed by atoms with Gasteiger partial charge in [0.25, 0.3) is 5.56 Å². The smallest absolute Gasteiger partial charge is 0.277 e. The third kappa shape index (κ3) is 18.1. The van der Waals surface area contributed by atoms with E-state index in [1.165, 1.54) is 45.0 Å². The Hall–Kier alpha value is -5.38. The number of aromatic nitrogens is 3. The number of carbonyl (C=O) groups excluding carboxylic acids is 2. The van der Waals surface area contributed by atoms with E-state index in [1.807, 2.05) is 56.7 Å². The molecule has 280 valence electrons. The molecule has 0 radical (unpaired) electrons. The third-order valence-electron chi connectivity index (χ3n) is 7.12. The largest absolute Gasteiger partial charge is 0.323 e. The average molecular weight is 734 g/mol. The highest BCUT2D eigenvalue weighted by Crippen LogP contribution is 2.26. The summed E-state index contributed by atoms with van der Waals surface area (Å²) in [5.41, 5.74) is 6.78. The number of nitrogens with one attached hydrogen (secondary N) is 2. The van der Waals surface area contributed by atoms with E-state index in [4.69, 9.17) is 0 Å². The number of thioether (sulfide) groups is 1. The minimum Gasteiger partial charge on any atom is -0.323 e. The molecule has 0 atom stereocenters. The van der Waals surface area contributed by atoms with E-state index >= 15 is 0 Å². The van der Waals surface area contributed by atoms with Crippen molar-refractivity contribution in [3.63, 3.8) is 0 Å². The fourth-order valence-electron chi connectivity index (χ4n) is 4.54. The molecule has 2 N–H and O–H groups in total. The number of benzene rings is 2. The van der Waals surface area contributed by atoms with Crippen molar-refractivity contribution in [3.05, 3.63) is 160 Å². The van der Waals surface area contributed by atoms with E-state index in [2.05, 4.69) is 109 Å². The van der Waals surface area contributed by atoms with Gasteiger partial charge in [0.15, 0.2) is 0 Å². The third-order valence-corrected chi connectivity index (χ3v) is 7.97. The lowest BCUT2D eigenvalue weighted by atomic mass is 10.0. The summed E-state index contributed by atoms with van der Waals surface area (Å²) in [7, 11) is 1.97. The highest BCUT2D eigenvalue weighted by Gasteiger charge is 2.11. The Morgan fingerprint density at radius 2 is 1.74 bits per heavy atom. The molecule has 8 nitrogen and oxygen atoms in total. The topological polar surface area (TPSA) is 106 Å². The number of allylic oxidation sites excluding steroid dienone is 4. The molecule has 0 aliphatic carbocycles. The van der Waals surface area contributed by atoms with E-state index in [9.17, 15) is 14.4 Å². The molecule has 0 aliphatic heterocycles. The Bertz CT molecular complexity index is 1830. The Labute approximate surface area is 320 Å². The Kier molecular flexibility index (Phi) is 24.3. The summed E-state index contributed by atoms with van der Waals surface area (Å²) < 4.78 is 1.22. The number of anilines is 1. The van der Waals surface area contributed by atoms with Crippen LogP contribution in [-0.2, 0) is 22.6 Å². The summed E-state index contributed by atoms with van der Waals surface area (Å²) in [6.07, 6.45) is 19.4. The first-order chi connectivity index (χ1) is 25.7. The minimum absolute atomic E-state index is 0.0385. The van der Waals surface area contributed by atoms with Crippen LogP contribution in [0.15, 0.2) is 132 Å². The van der Waals surface area contributed by atoms with Gasteiger partial charge in [-0.1, -0.05) is 141 Å². The molecular formula is C44H55N5O3S. The molecule has 53 heavy (non-hydrogen) atoms. The van der Waals surface area contributed by atoms with Gasteiger partial charge in [-0.3, -0.25) is 19.1 Å². The highest BCUT2D eigenvalue weighted by molar-refractivity contribution is 8.10. The van der Waals surface area contributed by atoms with Crippen LogP contribution < -0.4 is 16.2 Å². The molecule has 0 fully saturated rings. The number of nitrogens with zero attached hydrogens (tertiary/aromatic N) is 3. The molecule has 2 heterocycles. The van der Waals surface area contributed by atoms with E-state index in [-0.39, 0.29) is 12.2 Å². The fourth-order valence-corrected chi connectivity index (χ4v) is 5.27. The van der Waals surface area contributed by atoms with Gasteiger partial charge in [0.05, 0.1) is 12.7 Å². The van der Waals surface area contributed by atoms with Crippen molar-refractivity contribution in [2.24, 2.45) is 0 Å². The first-order valence-corrected chi connectivity index (χ1v) is 18.4. The number of amides is 1. The molecule has 1 amide bonds. The lowest BCUT2D eigenvalue weighted by Gasteiger charge is -2.10. The van der Waals surface area contributed by atoms with Crippen LogP contribution in [-0.4, -0.2) is 40.8 Å². The molecule has 2 aromatic heterocycles. The first-order valence-electron chi connectivity index (χ1n) is 17.6. The molecule has 0 aliphatic rings. The van der Waals surface area contributed by atoms with Gasteiger partial charge in [-0.15, -0.1) is 0 Å². The van der Waals surface area contributed by atoms with Gasteiger partial charge in [-0.2, -0.15) is 0 Å². The molecule has 0 saturated heterocycles. The minimum atomic E-state index is -0.465. The van der Waals surface area contributed by atoms with Crippen molar-refractivity contribution in [2.75, 3.05) is 18.9 Å². The van der Waals surface area contributed by atoms with E-state index in [0.717, 1.165) is 29.9 Å². The van der Waals surface area contributed by atoms with Crippen LogP contribution in [0.5, 0.6) is 0 Å². The predicted octanol–water partition coefficient (Wildman–Crippen LogP) is 9.71. The zero-order valence-corrected chi connectivity index (χ0v) is 32.9. The van der Waals surface area contributed by atoms with Crippen LogP contribution in [0.2, 0.25) is 0 Å². The molecule has 0 spiro atoms. The fraction of sp³-hybridized carbons (Fsp3) is 0.250. The maximum atomic E-state index is 12.1. The molecule has 9 heteroatoms. The highest BCUT2D eigenvalue weighted by atomic mass is 32.2. The van der Waals surface area contributed by atoms with Crippen LogP contribution in [0.25, 0.3) is 22.4 Å². The van der Waals surface area contributed by atoms with Crippen LogP contribution >= 0.6 is 11.8 Å². The maximum Gasteiger partial charge on any atom is 0.277 e. The summed E-state index contributed by atoms with van der Waals surface area (Å²) in [5.74, 6) is 0.383. The van der Waals surface area contributed by atoms with Crippen LogP contribution in [0.3, 0.4) is 0 Å². The number of pyridine rings is 1. The van der Waals surface area contributed by atoms with Crippen molar-refractivity contribution in [1.29, 1.82) is 0 Å². The van der Waals surface area contributed by atoms with E-state index in [1.54, 1.807) is 30.0 Å². The van der Waals surface area contributed by atoms with Crippen molar-refractivity contribution < 1.29 is 9.59 Å². The van der Waals surface area contributed by atoms with Gasteiger partial charge in [0, 0.05) is 29.4 Å². The van der Waals surface area contributed by atoms with Crippen molar-refractivity contribution in [3.8, 4) is 11.4 Å². The summed E-state index contributed by atoms with van der Waals surface area (Å²) in [6.45, 7) is 18.8. The Balaban J connectivity index is 0.000000378. The van der Waals surface area contributed by atoms with Crippen LogP contribution in [0.1, 0.15) is 62.8 Å². The number of rotatable bonds is 15. The van der Waals surface area contributed by atoms with Gasteiger partial charge < -0.3 is 15.4 Å². The Morgan fingerprint density at radius 3 is 2.30 bits per heavy atom. The molecule has 4 aromatic rings. The number of carbonyl (C=O) groups is 2. The van der Waals surface area contributed by atoms with Gasteiger partial charge in [-0.05, 0) is 68.8 Å². The second-order valence-corrected chi connectivity index (χ2v) is 12.5. The molecule has 0 bridgehead atoms. The second kappa shape index (κ2) is 28.2. The SMILES string of the molecule is C=C(S/C=C\CC)c1ccc(C)cc1.C=C/C=C\C.CCCc1ccncc1/C=C(\C)CNC.O=CCn1c(-c2ccccc2)ncc(NC=O)c1=O. The van der Waals surface area contributed by atoms with Gasteiger partial charge >= 0.3 is 0 Å². The molecule has 0 saturated carbocycles. The lowest BCUT2D eigenvalue weighted by Crippen LogP contribution is -2.26. The molecule has 2 aromatic carbocycles. The molecule has 4 rings (SSSR count). The number of aryl methyl sites for hydroxylation is 2. The molecule has 0 unspecified atom stereocenters. The van der Waals surface area contributed by atoms with Crippen molar-refractivity contribution >= 4 is 41.1 Å². The summed E-state index contributed by atoms with van der Waals surface area (Å²) in [4.78, 5) is 42.6. The second-order valence-electron chi connectivity index (χ2n) is 11.5. The number of hydrogen-bond acceptors (Lipinski definition) is 7. The maximum absolute atomic E-state index is 12.1. The summed E-state index contributed by atoms with van der Waals surface area (Å²) in [5, 5.41) is 7.51. The number of likely N-dealkylation sites (N-methyl/N-ethyl adjacent to an activating group) is 1. The Morgan fingerprint density at radius 1 is 1.02 bits per heavy atom. The lowest BCUT2D eigenvalue weighted by molar-refractivity contribution is -0.108. The quantitative estimate of drug-likeness (QED) is 0.0926. The van der Waals surface area contributed by atoms with Gasteiger partial charge in [0.1, 0.15) is 17.8 Å². The summed E-state index contributed by atoms with van der Waals surface area (Å²) in [6, 6.07) is 19.6. The zero-order chi connectivity index (χ0) is 39.3. The van der Waals surface area contributed by atoms with Crippen molar-refractivity contribution in [1.82, 2.24) is 19.9 Å². The van der Waals surface area contributed by atoms with Crippen LogP contribution in [0.4, 0.5) is 5.69 Å². The zero-order valence-electron chi connectivity index (χ0n) is 32.0. The van der Waals surface area contributed by atoms with Gasteiger partial charge in [0.2, 0.25) is 6.41 Å². The number of hydrogen-bond donors (Lipinski definition) is 2. The van der Waals surface area contributed by atoms with Gasteiger partial charge in [-0.25, -0.2) is 4.98 Å². The first kappa shape index (κ1) is 45.6.